The van der Waals surface area contributed by atoms with Gasteiger partial charge in [0.2, 0.25) is 0 Å². The Morgan fingerprint density at radius 1 is 0.952 bits per heavy atom. The van der Waals surface area contributed by atoms with Gasteiger partial charge < -0.3 is 0 Å². The van der Waals surface area contributed by atoms with Crippen molar-refractivity contribution in [3.8, 4) is 0 Å². The highest BCUT2D eigenvalue weighted by atomic mass is 28.3. The Kier molecular flexibility index (Phi) is 6.04. The third-order valence-electron chi connectivity index (χ3n) is 4.87. The molecular weight excluding hydrogens is 268 g/mol. The van der Waals surface area contributed by atoms with Crippen LogP contribution in [0.25, 0.3) is 0 Å². The van der Waals surface area contributed by atoms with Gasteiger partial charge in [-0.3, -0.25) is 0 Å². The van der Waals surface area contributed by atoms with Gasteiger partial charge in [-0.15, -0.1) is 0 Å². The quantitative estimate of drug-likeness (QED) is 0.535. The van der Waals surface area contributed by atoms with Gasteiger partial charge in [-0.25, -0.2) is 0 Å². The lowest BCUT2D eigenvalue weighted by Crippen LogP contribution is -2.47. The molecule has 0 aromatic heterocycles. The summed E-state index contributed by atoms with van der Waals surface area (Å²) in [4.78, 5) is 0. The molecule has 0 amide bonds. The molecule has 0 spiro atoms. The van der Waals surface area contributed by atoms with Crippen molar-refractivity contribution in [1.29, 1.82) is 0 Å². The fraction of sp³-hybridized carbons (Fsp3) is 0.500. The molecule has 1 atom stereocenters. The number of hydrogen-bond acceptors (Lipinski definition) is 0. The predicted molar refractivity (Wildman–Crippen MR) is 97.7 cm³/mol. The average Bonchev–Trinajstić information content (AvgIpc) is 3.00. The normalized spacial score (nSPS) is 17.3. The summed E-state index contributed by atoms with van der Waals surface area (Å²) in [5, 5.41) is 3.37. The number of benzene rings is 1. The highest BCUT2D eigenvalue weighted by molar-refractivity contribution is 6.97. The molecule has 0 bridgehead atoms. The maximum Gasteiger partial charge on any atom is 0.115 e. The molecule has 0 N–H and O–H groups in total. The fourth-order valence-electron chi connectivity index (χ4n) is 3.51. The summed E-state index contributed by atoms with van der Waals surface area (Å²) in [6.07, 6.45) is 12.8. The minimum absolute atomic E-state index is 1.16. The van der Waals surface area contributed by atoms with Crippen LogP contribution in [0, 0.1) is 0 Å². The minimum Gasteiger partial charge on any atom is -0.0808 e. The molecule has 1 aromatic carbocycles. The zero-order valence-corrected chi connectivity index (χ0v) is 15.0. The second kappa shape index (κ2) is 7.79. The van der Waals surface area contributed by atoms with Crippen LogP contribution < -0.4 is 5.19 Å². The standard InChI is InChI=1S/C20H30Si/c1-4-6-12-18-13-11-16-20(18)21(3,17-7-5-2)19-14-9-8-10-15-19/h8-10,13-16H,4-7,11-12,17H2,1-3H3. The van der Waals surface area contributed by atoms with E-state index in [1.807, 2.05) is 0 Å². The molecule has 1 heteroatoms. The third-order valence-corrected chi connectivity index (χ3v) is 9.54. The molecule has 0 heterocycles. The van der Waals surface area contributed by atoms with Gasteiger partial charge in [0, 0.05) is 0 Å². The molecule has 0 saturated heterocycles. The Hall–Kier alpha value is -1.08. The van der Waals surface area contributed by atoms with Crippen LogP contribution in [-0.4, -0.2) is 8.07 Å². The maximum absolute atomic E-state index is 2.59. The summed E-state index contributed by atoms with van der Waals surface area (Å²) in [6.45, 7) is 7.20. The van der Waals surface area contributed by atoms with Gasteiger partial charge >= 0.3 is 0 Å². The molecule has 0 aliphatic heterocycles. The van der Waals surface area contributed by atoms with Crippen LogP contribution in [0.2, 0.25) is 12.6 Å². The molecule has 1 aliphatic carbocycles. The highest BCUT2D eigenvalue weighted by Crippen LogP contribution is 2.34. The summed E-state index contributed by atoms with van der Waals surface area (Å²) in [5.74, 6) is 0. The van der Waals surface area contributed by atoms with Crippen LogP contribution >= 0.6 is 0 Å². The van der Waals surface area contributed by atoms with E-state index in [4.69, 9.17) is 0 Å². The van der Waals surface area contributed by atoms with Gasteiger partial charge in [0.25, 0.3) is 0 Å². The average molecular weight is 299 g/mol. The molecule has 0 fully saturated rings. The predicted octanol–water partition coefficient (Wildman–Crippen LogP) is 5.76. The first kappa shape index (κ1) is 16.3. The minimum atomic E-state index is -1.53. The lowest BCUT2D eigenvalue weighted by molar-refractivity contribution is 0.795. The lowest BCUT2D eigenvalue weighted by atomic mass is 10.1. The second-order valence-corrected chi connectivity index (χ2v) is 10.8. The Labute approximate surface area is 132 Å². The molecule has 1 unspecified atom stereocenters. The van der Waals surface area contributed by atoms with E-state index in [2.05, 4.69) is 62.9 Å². The van der Waals surface area contributed by atoms with Crippen molar-refractivity contribution in [3.63, 3.8) is 0 Å². The SMILES string of the molecule is CCCCC1=CCC=C1[Si](C)(CCCC)c1ccccc1. The van der Waals surface area contributed by atoms with Crippen molar-refractivity contribution in [2.75, 3.05) is 0 Å². The van der Waals surface area contributed by atoms with Gasteiger partial charge in [-0.2, -0.15) is 0 Å². The van der Waals surface area contributed by atoms with Crippen molar-refractivity contribution < 1.29 is 0 Å². The van der Waals surface area contributed by atoms with Crippen LogP contribution in [0.1, 0.15) is 52.4 Å². The highest BCUT2D eigenvalue weighted by Gasteiger charge is 2.35. The van der Waals surface area contributed by atoms with E-state index in [0.717, 1.165) is 6.42 Å². The summed E-state index contributed by atoms with van der Waals surface area (Å²) < 4.78 is 0. The number of unbranched alkanes of at least 4 members (excludes halogenated alkanes) is 2. The molecule has 1 aromatic rings. The van der Waals surface area contributed by atoms with E-state index >= 15 is 0 Å². The van der Waals surface area contributed by atoms with E-state index in [1.54, 1.807) is 16.0 Å². The second-order valence-electron chi connectivity index (χ2n) is 6.49. The Morgan fingerprint density at radius 2 is 1.67 bits per heavy atom. The van der Waals surface area contributed by atoms with Crippen LogP contribution in [-0.2, 0) is 0 Å². The van der Waals surface area contributed by atoms with Crippen molar-refractivity contribution in [2.24, 2.45) is 0 Å². The van der Waals surface area contributed by atoms with Crippen molar-refractivity contribution in [2.45, 2.75) is 65.0 Å². The molecule has 0 radical (unpaired) electrons. The molecule has 1 aliphatic rings. The van der Waals surface area contributed by atoms with Crippen LogP contribution in [0.5, 0.6) is 0 Å². The largest absolute Gasteiger partial charge is 0.115 e. The fourth-order valence-corrected chi connectivity index (χ4v) is 7.88. The van der Waals surface area contributed by atoms with E-state index in [1.165, 1.54) is 38.1 Å². The zero-order valence-electron chi connectivity index (χ0n) is 14.0. The smallest absolute Gasteiger partial charge is 0.0808 e. The van der Waals surface area contributed by atoms with E-state index in [9.17, 15) is 0 Å². The number of rotatable bonds is 8. The maximum atomic E-state index is 2.59. The lowest BCUT2D eigenvalue weighted by Gasteiger charge is -2.31. The van der Waals surface area contributed by atoms with E-state index in [-0.39, 0.29) is 0 Å². The Bertz CT molecular complexity index is 498. The van der Waals surface area contributed by atoms with Gasteiger partial charge in [-0.05, 0) is 25.3 Å². The summed E-state index contributed by atoms with van der Waals surface area (Å²) in [5.41, 5.74) is 1.67. The first-order valence-electron chi connectivity index (χ1n) is 8.68. The zero-order chi connectivity index (χ0) is 15.1. The molecule has 0 saturated carbocycles. The van der Waals surface area contributed by atoms with E-state index in [0.29, 0.717) is 0 Å². The van der Waals surface area contributed by atoms with Crippen LogP contribution in [0.15, 0.2) is 53.3 Å². The first-order chi connectivity index (χ1) is 10.2. The van der Waals surface area contributed by atoms with Gasteiger partial charge in [0.1, 0.15) is 8.07 Å². The van der Waals surface area contributed by atoms with Crippen molar-refractivity contribution in [3.05, 3.63) is 53.3 Å². The molecule has 2 rings (SSSR count). The number of allylic oxidation sites excluding steroid dienone is 4. The van der Waals surface area contributed by atoms with Crippen molar-refractivity contribution >= 4 is 13.3 Å². The topological polar surface area (TPSA) is 0 Å². The van der Waals surface area contributed by atoms with Gasteiger partial charge in [0.05, 0.1) is 0 Å². The van der Waals surface area contributed by atoms with Crippen molar-refractivity contribution in [1.82, 2.24) is 0 Å². The van der Waals surface area contributed by atoms with Gasteiger partial charge in [-0.1, -0.05) is 98.1 Å². The molecular formula is C20H30Si. The van der Waals surface area contributed by atoms with Crippen LogP contribution in [0.3, 0.4) is 0 Å². The van der Waals surface area contributed by atoms with E-state index < -0.39 is 8.07 Å². The van der Waals surface area contributed by atoms with Crippen LogP contribution in [0.4, 0.5) is 0 Å². The number of hydrogen-bond donors (Lipinski definition) is 0. The monoisotopic (exact) mass is 298 g/mol. The Balaban J connectivity index is 2.30. The Morgan fingerprint density at radius 3 is 2.33 bits per heavy atom. The summed E-state index contributed by atoms with van der Waals surface area (Å²) >= 11 is 0. The molecule has 21 heavy (non-hydrogen) atoms. The first-order valence-corrected chi connectivity index (χ1v) is 11.4. The molecule has 114 valence electrons. The third kappa shape index (κ3) is 3.77. The molecule has 0 nitrogen and oxygen atoms in total. The summed E-state index contributed by atoms with van der Waals surface area (Å²) in [7, 11) is -1.53. The summed E-state index contributed by atoms with van der Waals surface area (Å²) in [6, 6.07) is 12.7. The van der Waals surface area contributed by atoms with Gasteiger partial charge in [0.15, 0.2) is 0 Å².